The highest BCUT2D eigenvalue weighted by Crippen LogP contribution is 2.36. The van der Waals surface area contributed by atoms with E-state index in [1.165, 1.54) is 0 Å². The lowest BCUT2D eigenvalue weighted by Crippen LogP contribution is -2.48. The zero-order chi connectivity index (χ0) is 30.6. The molecule has 0 spiro atoms. The second kappa shape index (κ2) is 12.7. The minimum absolute atomic E-state index is 0.0704. The Morgan fingerprint density at radius 3 is 2.60 bits per heavy atom. The van der Waals surface area contributed by atoms with Crippen LogP contribution in [0.1, 0.15) is 63.6 Å². The van der Waals surface area contributed by atoms with Crippen molar-refractivity contribution in [2.45, 2.75) is 44.7 Å². The van der Waals surface area contributed by atoms with Crippen molar-refractivity contribution >= 4 is 28.9 Å². The number of amides is 1. The van der Waals surface area contributed by atoms with Crippen molar-refractivity contribution in [1.82, 2.24) is 9.88 Å². The molecule has 4 aromatic rings. The molecule has 2 N–H and O–H groups in total. The summed E-state index contributed by atoms with van der Waals surface area (Å²) in [6.45, 7) is 8.70. The topological polar surface area (TPSA) is 105 Å². The third-order valence-electron chi connectivity index (χ3n) is 7.62. The normalized spacial score (nSPS) is 16.4. The van der Waals surface area contributed by atoms with E-state index in [0.717, 1.165) is 40.2 Å². The van der Waals surface area contributed by atoms with Crippen LogP contribution in [0.4, 0.5) is 0 Å². The van der Waals surface area contributed by atoms with Crippen LogP contribution in [0.15, 0.2) is 89.7 Å². The number of thiazole rings is 1. The minimum atomic E-state index is -0.905. The molecule has 5 rings (SSSR count). The molecular weight excluding hydrogens is 554 g/mol. The first kappa shape index (κ1) is 29.9. The van der Waals surface area contributed by atoms with Crippen LogP contribution < -0.4 is 5.73 Å². The van der Waals surface area contributed by atoms with Gasteiger partial charge < -0.3 is 15.4 Å². The van der Waals surface area contributed by atoms with Gasteiger partial charge in [-0.25, -0.2) is 4.98 Å². The lowest BCUT2D eigenvalue weighted by atomic mass is 9.93. The number of hydrogen-bond acceptors (Lipinski definition) is 7. The third kappa shape index (κ3) is 6.59. The van der Waals surface area contributed by atoms with E-state index in [0.29, 0.717) is 41.3 Å². The SMILES string of the molecule is C=C(OC(=NC)C(C)(N)Cc1ccccc1)c1cc(C(=O)N2CCC[C@@H]2c2nc(C)cs2)cc(-c2ccccc2C#N)c1. The van der Waals surface area contributed by atoms with Crippen LogP contribution in [-0.2, 0) is 11.2 Å². The van der Waals surface area contributed by atoms with E-state index in [4.69, 9.17) is 10.5 Å². The summed E-state index contributed by atoms with van der Waals surface area (Å²) in [6, 6.07) is 25.0. The number of likely N-dealkylation sites (tertiary alicyclic amines) is 1. The van der Waals surface area contributed by atoms with E-state index < -0.39 is 5.54 Å². The highest BCUT2D eigenvalue weighted by Gasteiger charge is 2.33. The number of carbonyl (C=O) groups excluding carboxylic acids is 1. The van der Waals surface area contributed by atoms with Gasteiger partial charge in [0.05, 0.1) is 23.2 Å². The van der Waals surface area contributed by atoms with Crippen LogP contribution in [0.3, 0.4) is 0 Å². The Labute approximate surface area is 257 Å². The maximum absolute atomic E-state index is 14.1. The standard InChI is InChI=1S/C35H35N5O2S/c1-23-22-43-32(39-23)31-15-10-16-40(31)33(41)29-18-27(17-28(19-29)30-14-9-8-13-26(30)21-36)24(2)42-34(38-4)35(3,37)20-25-11-6-5-7-12-25/h5-9,11-14,17-19,22,31H,2,10,15-16,20,37H2,1,3-4H3/t31-,35?/m1/s1. The van der Waals surface area contributed by atoms with Gasteiger partial charge in [0.1, 0.15) is 10.8 Å². The third-order valence-corrected chi connectivity index (χ3v) is 8.69. The zero-order valence-electron chi connectivity index (χ0n) is 24.7. The van der Waals surface area contributed by atoms with Crippen molar-refractivity contribution in [3.8, 4) is 17.2 Å². The van der Waals surface area contributed by atoms with E-state index >= 15 is 0 Å². The van der Waals surface area contributed by atoms with Gasteiger partial charge in [0.25, 0.3) is 5.91 Å². The van der Waals surface area contributed by atoms with Crippen LogP contribution in [-0.4, -0.2) is 40.8 Å². The molecule has 1 amide bonds. The number of nitriles is 1. The summed E-state index contributed by atoms with van der Waals surface area (Å²) in [5.74, 6) is 0.540. The number of nitrogens with zero attached hydrogens (tertiary/aromatic N) is 4. The Hall–Kier alpha value is -4.58. The predicted molar refractivity (Wildman–Crippen MR) is 173 cm³/mol. The van der Waals surface area contributed by atoms with Crippen LogP contribution in [0, 0.1) is 18.3 Å². The molecule has 0 bridgehead atoms. The molecule has 3 aromatic carbocycles. The lowest BCUT2D eigenvalue weighted by molar-refractivity contribution is 0.0735. The average molecular weight is 590 g/mol. The van der Waals surface area contributed by atoms with E-state index in [9.17, 15) is 10.1 Å². The minimum Gasteiger partial charge on any atom is -0.441 e. The Kier molecular flexibility index (Phi) is 8.86. The molecule has 0 aliphatic carbocycles. The summed E-state index contributed by atoms with van der Waals surface area (Å²) in [7, 11) is 1.64. The molecule has 218 valence electrons. The summed E-state index contributed by atoms with van der Waals surface area (Å²) in [5, 5.41) is 12.8. The first-order valence-corrected chi connectivity index (χ1v) is 15.1. The summed E-state index contributed by atoms with van der Waals surface area (Å²) >= 11 is 1.59. The predicted octanol–water partition coefficient (Wildman–Crippen LogP) is 6.94. The molecule has 1 aliphatic heterocycles. The smallest absolute Gasteiger partial charge is 0.254 e. The quantitative estimate of drug-likeness (QED) is 0.136. The summed E-state index contributed by atoms with van der Waals surface area (Å²) < 4.78 is 6.26. The van der Waals surface area contributed by atoms with Crippen LogP contribution in [0.5, 0.6) is 0 Å². The van der Waals surface area contributed by atoms with Crippen molar-refractivity contribution in [2.75, 3.05) is 13.6 Å². The molecule has 1 aliphatic rings. The monoisotopic (exact) mass is 589 g/mol. The molecule has 1 saturated heterocycles. The Morgan fingerprint density at radius 1 is 1.19 bits per heavy atom. The Bertz CT molecular complexity index is 1720. The molecule has 2 heterocycles. The summed E-state index contributed by atoms with van der Waals surface area (Å²) in [5.41, 5.74) is 10.9. The second-order valence-corrected chi connectivity index (χ2v) is 12.0. The van der Waals surface area contributed by atoms with E-state index in [-0.39, 0.29) is 11.9 Å². The van der Waals surface area contributed by atoms with Crippen molar-refractivity contribution in [1.29, 1.82) is 5.26 Å². The largest absolute Gasteiger partial charge is 0.441 e. The molecule has 0 saturated carbocycles. The molecular formula is C35H35N5O2S. The van der Waals surface area contributed by atoms with Gasteiger partial charge in [-0.2, -0.15) is 5.26 Å². The number of aryl methyl sites for hydroxylation is 1. The fourth-order valence-electron chi connectivity index (χ4n) is 5.55. The number of rotatable bonds is 8. The van der Waals surface area contributed by atoms with Gasteiger partial charge in [0.2, 0.25) is 5.90 Å². The van der Waals surface area contributed by atoms with Gasteiger partial charge in [0, 0.05) is 35.8 Å². The van der Waals surface area contributed by atoms with Gasteiger partial charge in [-0.1, -0.05) is 55.1 Å². The van der Waals surface area contributed by atoms with Crippen molar-refractivity contribution in [3.05, 3.63) is 118 Å². The molecule has 1 unspecified atom stereocenters. The highest BCUT2D eigenvalue weighted by atomic mass is 32.1. The van der Waals surface area contributed by atoms with Gasteiger partial charge in [-0.15, -0.1) is 11.3 Å². The fourth-order valence-corrected chi connectivity index (χ4v) is 6.49. The lowest BCUT2D eigenvalue weighted by Gasteiger charge is -2.27. The van der Waals surface area contributed by atoms with E-state index in [1.807, 2.05) is 84.8 Å². The molecule has 8 heteroatoms. The molecule has 1 aromatic heterocycles. The Balaban J connectivity index is 1.50. The number of ether oxygens (including phenoxy) is 1. The molecule has 7 nitrogen and oxygen atoms in total. The number of nitrogens with two attached hydrogens (primary N) is 1. The number of benzene rings is 3. The number of aromatic nitrogens is 1. The number of carbonyl (C=O) groups is 1. The van der Waals surface area contributed by atoms with Crippen molar-refractivity contribution < 1.29 is 9.53 Å². The van der Waals surface area contributed by atoms with Gasteiger partial charge in [-0.3, -0.25) is 9.79 Å². The van der Waals surface area contributed by atoms with E-state index in [1.54, 1.807) is 30.5 Å². The van der Waals surface area contributed by atoms with Gasteiger partial charge in [0.15, 0.2) is 0 Å². The van der Waals surface area contributed by atoms with Crippen molar-refractivity contribution in [2.24, 2.45) is 10.7 Å². The number of hydrogen-bond donors (Lipinski definition) is 1. The first-order chi connectivity index (χ1) is 20.7. The molecule has 1 fully saturated rings. The Morgan fingerprint density at radius 2 is 1.91 bits per heavy atom. The maximum atomic E-state index is 14.1. The van der Waals surface area contributed by atoms with E-state index in [2.05, 4.69) is 22.6 Å². The summed E-state index contributed by atoms with van der Waals surface area (Å²) in [4.78, 5) is 25.1. The fraction of sp³-hybridized carbons (Fsp3) is 0.257. The van der Waals surface area contributed by atoms with Crippen molar-refractivity contribution in [3.63, 3.8) is 0 Å². The molecule has 0 radical (unpaired) electrons. The van der Waals surface area contributed by atoms with Gasteiger partial charge in [-0.05, 0) is 74.1 Å². The van der Waals surface area contributed by atoms with Crippen LogP contribution in [0.2, 0.25) is 0 Å². The second-order valence-electron chi connectivity index (χ2n) is 11.1. The molecule has 43 heavy (non-hydrogen) atoms. The van der Waals surface area contributed by atoms with Gasteiger partial charge >= 0.3 is 0 Å². The van der Waals surface area contributed by atoms with Crippen LogP contribution in [0.25, 0.3) is 16.9 Å². The summed E-state index contributed by atoms with van der Waals surface area (Å²) in [6.07, 6.45) is 2.28. The number of aliphatic imine (C=N–C) groups is 1. The maximum Gasteiger partial charge on any atom is 0.254 e. The first-order valence-electron chi connectivity index (χ1n) is 14.2. The molecule has 2 atom stereocenters. The average Bonchev–Trinajstić information content (AvgIpc) is 3.68. The zero-order valence-corrected chi connectivity index (χ0v) is 25.5. The highest BCUT2D eigenvalue weighted by molar-refractivity contribution is 7.09. The van der Waals surface area contributed by atoms with Crippen LogP contribution >= 0.6 is 11.3 Å².